The molecule has 5 heteroatoms. The summed E-state index contributed by atoms with van der Waals surface area (Å²) in [4.78, 5) is 4.45. The summed E-state index contributed by atoms with van der Waals surface area (Å²) in [6.07, 6.45) is 2.21. The van der Waals surface area contributed by atoms with Crippen molar-refractivity contribution in [2.75, 3.05) is 6.61 Å². The minimum Gasteiger partial charge on any atom is -0.367 e. The van der Waals surface area contributed by atoms with E-state index in [9.17, 15) is 0 Å². The lowest BCUT2D eigenvalue weighted by molar-refractivity contribution is -0.0583. The van der Waals surface area contributed by atoms with E-state index in [2.05, 4.69) is 24.0 Å². The number of rotatable bonds is 7. The Morgan fingerprint density at radius 2 is 1.83 bits per heavy atom. The van der Waals surface area contributed by atoms with Gasteiger partial charge in [0.15, 0.2) is 0 Å². The molecule has 0 saturated heterocycles. The van der Waals surface area contributed by atoms with Crippen molar-refractivity contribution in [2.45, 2.75) is 65.0 Å². The Morgan fingerprint density at radius 1 is 1.22 bits per heavy atom. The fourth-order valence-electron chi connectivity index (χ4n) is 2.01. The molecule has 0 aliphatic heterocycles. The van der Waals surface area contributed by atoms with Gasteiger partial charge in [0.1, 0.15) is 5.60 Å². The number of nitrogens with two attached hydrogens (primary N) is 1. The molecule has 0 aliphatic carbocycles. The molecule has 2 N–H and O–H groups in total. The van der Waals surface area contributed by atoms with Crippen LogP contribution in [0.4, 0.5) is 0 Å². The third-order valence-corrected chi connectivity index (χ3v) is 3.05. The van der Waals surface area contributed by atoms with Gasteiger partial charge in [-0.15, -0.1) is 0 Å². The molecule has 0 amide bonds. The van der Waals surface area contributed by atoms with Gasteiger partial charge in [-0.05, 0) is 33.6 Å². The molecule has 0 unspecified atom stereocenters. The van der Waals surface area contributed by atoms with Gasteiger partial charge in [0, 0.05) is 18.6 Å². The molecule has 0 bridgehead atoms. The van der Waals surface area contributed by atoms with Crippen LogP contribution in [0, 0.1) is 0 Å². The first-order valence-electron chi connectivity index (χ1n) is 6.62. The quantitative estimate of drug-likeness (QED) is 0.809. The van der Waals surface area contributed by atoms with Gasteiger partial charge in [0.2, 0.25) is 11.7 Å². The van der Waals surface area contributed by atoms with E-state index in [-0.39, 0.29) is 5.54 Å². The molecular weight excluding hydrogens is 230 g/mol. The molecule has 5 nitrogen and oxygen atoms in total. The second kappa shape index (κ2) is 5.80. The van der Waals surface area contributed by atoms with E-state index >= 15 is 0 Å². The number of nitrogens with zero attached hydrogens (tertiary/aromatic N) is 2. The standard InChI is InChI=1S/C13H25N3O2/c1-6-13(7-2,17-8-3)11-15-10(18-16-11)9-12(4,5)14/h6-9,14H2,1-5H3. The van der Waals surface area contributed by atoms with Crippen LogP contribution in [0.15, 0.2) is 4.52 Å². The predicted octanol–water partition coefficient (Wildman–Crippen LogP) is 2.40. The normalized spacial score (nSPS) is 13.0. The molecule has 1 heterocycles. The van der Waals surface area contributed by atoms with Crippen LogP contribution in [0.2, 0.25) is 0 Å². The third kappa shape index (κ3) is 3.53. The fraction of sp³-hybridized carbons (Fsp3) is 0.846. The van der Waals surface area contributed by atoms with Crippen LogP contribution in [0.25, 0.3) is 0 Å². The SMILES string of the molecule is CCOC(CC)(CC)c1noc(CC(C)(C)N)n1. The summed E-state index contributed by atoms with van der Waals surface area (Å²) in [5.41, 5.74) is 5.16. The van der Waals surface area contributed by atoms with E-state index in [0.717, 1.165) is 12.8 Å². The summed E-state index contributed by atoms with van der Waals surface area (Å²) in [6.45, 7) is 10.6. The first-order valence-corrected chi connectivity index (χ1v) is 6.62. The monoisotopic (exact) mass is 255 g/mol. The Bertz CT molecular complexity index is 365. The van der Waals surface area contributed by atoms with Gasteiger partial charge in [0.05, 0.1) is 0 Å². The topological polar surface area (TPSA) is 74.2 Å². The van der Waals surface area contributed by atoms with E-state index < -0.39 is 5.60 Å². The van der Waals surface area contributed by atoms with Gasteiger partial charge in [-0.1, -0.05) is 19.0 Å². The molecule has 104 valence electrons. The summed E-state index contributed by atoms with van der Waals surface area (Å²) in [5, 5.41) is 4.07. The largest absolute Gasteiger partial charge is 0.367 e. The lowest BCUT2D eigenvalue weighted by atomic mass is 9.96. The van der Waals surface area contributed by atoms with E-state index in [1.807, 2.05) is 20.8 Å². The number of aromatic nitrogens is 2. The number of ether oxygens (including phenoxy) is 1. The molecule has 0 saturated carbocycles. The van der Waals surface area contributed by atoms with Crippen LogP contribution < -0.4 is 5.73 Å². The summed E-state index contributed by atoms with van der Waals surface area (Å²) in [5.74, 6) is 1.21. The highest BCUT2D eigenvalue weighted by Gasteiger charge is 2.34. The lowest BCUT2D eigenvalue weighted by Crippen LogP contribution is -2.34. The van der Waals surface area contributed by atoms with Crippen LogP contribution in [-0.2, 0) is 16.8 Å². The summed E-state index contributed by atoms with van der Waals surface area (Å²) in [7, 11) is 0. The van der Waals surface area contributed by atoms with Gasteiger partial charge in [-0.3, -0.25) is 0 Å². The second-order valence-electron chi connectivity index (χ2n) is 5.31. The molecular formula is C13H25N3O2. The molecule has 1 aromatic heterocycles. The zero-order valence-corrected chi connectivity index (χ0v) is 12.1. The third-order valence-electron chi connectivity index (χ3n) is 3.05. The van der Waals surface area contributed by atoms with Crippen molar-refractivity contribution < 1.29 is 9.26 Å². The van der Waals surface area contributed by atoms with Crippen molar-refractivity contribution in [2.24, 2.45) is 5.73 Å². The zero-order valence-electron chi connectivity index (χ0n) is 12.1. The van der Waals surface area contributed by atoms with E-state index in [1.165, 1.54) is 0 Å². The average Bonchev–Trinajstić information content (AvgIpc) is 2.72. The van der Waals surface area contributed by atoms with Crippen molar-refractivity contribution in [3.63, 3.8) is 0 Å². The van der Waals surface area contributed by atoms with Gasteiger partial charge >= 0.3 is 0 Å². The number of hydrogen-bond donors (Lipinski definition) is 1. The highest BCUT2D eigenvalue weighted by molar-refractivity contribution is 5.02. The Balaban J connectivity index is 2.94. The average molecular weight is 255 g/mol. The Labute approximate surface area is 109 Å². The first kappa shape index (κ1) is 15.1. The van der Waals surface area contributed by atoms with E-state index in [4.69, 9.17) is 15.0 Å². The molecule has 1 rings (SSSR count). The van der Waals surface area contributed by atoms with Crippen LogP contribution in [0.1, 0.15) is 59.2 Å². The molecule has 0 atom stereocenters. The minimum atomic E-state index is -0.435. The summed E-state index contributed by atoms with van der Waals surface area (Å²) in [6, 6.07) is 0. The Hall–Kier alpha value is -0.940. The van der Waals surface area contributed by atoms with Crippen molar-refractivity contribution in [3.05, 3.63) is 11.7 Å². The fourth-order valence-corrected chi connectivity index (χ4v) is 2.01. The number of hydrogen-bond acceptors (Lipinski definition) is 5. The van der Waals surface area contributed by atoms with Crippen molar-refractivity contribution >= 4 is 0 Å². The first-order chi connectivity index (χ1) is 8.37. The summed E-state index contributed by atoms with van der Waals surface area (Å²) >= 11 is 0. The van der Waals surface area contributed by atoms with Crippen LogP contribution in [0.3, 0.4) is 0 Å². The zero-order chi connectivity index (χ0) is 13.8. The molecule has 0 fully saturated rings. The Kier molecular flexibility index (Phi) is 4.87. The smallest absolute Gasteiger partial charge is 0.228 e. The summed E-state index contributed by atoms with van der Waals surface area (Å²) < 4.78 is 11.1. The molecule has 0 aromatic carbocycles. The van der Waals surface area contributed by atoms with Gasteiger partial charge in [0.25, 0.3) is 0 Å². The molecule has 0 aliphatic rings. The molecule has 18 heavy (non-hydrogen) atoms. The molecule has 0 spiro atoms. The van der Waals surface area contributed by atoms with Crippen LogP contribution in [-0.4, -0.2) is 22.3 Å². The Morgan fingerprint density at radius 3 is 2.28 bits per heavy atom. The molecule has 1 aromatic rings. The van der Waals surface area contributed by atoms with Gasteiger partial charge < -0.3 is 15.0 Å². The minimum absolute atomic E-state index is 0.351. The van der Waals surface area contributed by atoms with E-state index in [1.54, 1.807) is 0 Å². The second-order valence-corrected chi connectivity index (χ2v) is 5.31. The van der Waals surface area contributed by atoms with Crippen molar-refractivity contribution in [3.8, 4) is 0 Å². The maximum Gasteiger partial charge on any atom is 0.228 e. The maximum absolute atomic E-state index is 5.95. The molecule has 0 radical (unpaired) electrons. The lowest BCUT2D eigenvalue weighted by Gasteiger charge is -2.27. The van der Waals surface area contributed by atoms with Crippen molar-refractivity contribution in [1.29, 1.82) is 0 Å². The van der Waals surface area contributed by atoms with Crippen molar-refractivity contribution in [1.82, 2.24) is 10.1 Å². The highest BCUT2D eigenvalue weighted by atomic mass is 16.5. The van der Waals surface area contributed by atoms with Crippen LogP contribution in [0.5, 0.6) is 0 Å². The van der Waals surface area contributed by atoms with Crippen LogP contribution >= 0.6 is 0 Å². The van der Waals surface area contributed by atoms with Gasteiger partial charge in [-0.25, -0.2) is 0 Å². The predicted molar refractivity (Wildman–Crippen MR) is 70.2 cm³/mol. The van der Waals surface area contributed by atoms with Gasteiger partial charge in [-0.2, -0.15) is 4.98 Å². The maximum atomic E-state index is 5.95. The highest BCUT2D eigenvalue weighted by Crippen LogP contribution is 2.31. The van der Waals surface area contributed by atoms with E-state index in [0.29, 0.717) is 24.7 Å².